The summed E-state index contributed by atoms with van der Waals surface area (Å²) in [4.78, 5) is 12.1. The highest BCUT2D eigenvalue weighted by Crippen LogP contribution is 2.40. The summed E-state index contributed by atoms with van der Waals surface area (Å²) < 4.78 is 2.01. The third-order valence-electron chi connectivity index (χ3n) is 4.20. The predicted molar refractivity (Wildman–Crippen MR) is 91.3 cm³/mol. The molecule has 112 valence electrons. The Labute approximate surface area is 134 Å². The second-order valence-corrected chi connectivity index (χ2v) is 5.54. The van der Waals surface area contributed by atoms with E-state index in [0.717, 1.165) is 34.5 Å². The van der Waals surface area contributed by atoms with Gasteiger partial charge in [0.05, 0.1) is 11.3 Å². The van der Waals surface area contributed by atoms with E-state index in [2.05, 4.69) is 6.08 Å². The summed E-state index contributed by atoms with van der Waals surface area (Å²) in [6.07, 6.45) is 4.79. The van der Waals surface area contributed by atoms with Gasteiger partial charge in [-0.1, -0.05) is 66.7 Å². The van der Waals surface area contributed by atoms with Gasteiger partial charge in [0.25, 0.3) is 0 Å². The first-order valence-electron chi connectivity index (χ1n) is 7.55. The molecule has 0 amide bonds. The number of nitrogens with zero attached hydrogens (tertiary/aromatic N) is 1. The van der Waals surface area contributed by atoms with Crippen LogP contribution in [-0.4, -0.2) is 15.6 Å². The van der Waals surface area contributed by atoms with E-state index in [1.807, 2.05) is 71.4 Å². The van der Waals surface area contributed by atoms with Crippen molar-refractivity contribution in [1.82, 2.24) is 4.57 Å². The molecule has 1 aliphatic heterocycles. The average molecular weight is 301 g/mol. The second kappa shape index (κ2) is 5.29. The number of hydrogen-bond acceptors (Lipinski definition) is 1. The lowest BCUT2D eigenvalue weighted by molar-refractivity contribution is 0.0698. The molecule has 0 saturated heterocycles. The molecule has 0 fully saturated rings. The minimum atomic E-state index is -0.891. The molecule has 2 heterocycles. The molecule has 1 aromatic heterocycles. The molecular formula is C20H15NO2. The van der Waals surface area contributed by atoms with E-state index in [4.69, 9.17) is 0 Å². The van der Waals surface area contributed by atoms with E-state index >= 15 is 0 Å². The van der Waals surface area contributed by atoms with Crippen LogP contribution in [0.25, 0.3) is 28.6 Å². The Hall–Kier alpha value is -3.07. The fourth-order valence-corrected chi connectivity index (χ4v) is 3.28. The minimum absolute atomic E-state index is 0.377. The van der Waals surface area contributed by atoms with E-state index in [9.17, 15) is 9.90 Å². The number of carbonyl (C=O) groups is 1. The molecule has 3 heteroatoms. The van der Waals surface area contributed by atoms with Crippen LogP contribution in [0.15, 0.2) is 66.7 Å². The fraction of sp³-hybridized carbons (Fsp3) is 0.0500. The number of rotatable bonds is 3. The zero-order valence-electron chi connectivity index (χ0n) is 12.4. The summed E-state index contributed by atoms with van der Waals surface area (Å²) in [5.74, 6) is -0.891. The molecule has 0 saturated carbocycles. The van der Waals surface area contributed by atoms with Gasteiger partial charge in [0, 0.05) is 23.9 Å². The molecule has 0 spiro atoms. The molecule has 2 aromatic carbocycles. The van der Waals surface area contributed by atoms with Gasteiger partial charge in [0.2, 0.25) is 0 Å². The third kappa shape index (κ3) is 2.09. The minimum Gasteiger partial charge on any atom is -0.478 e. The number of allylic oxidation sites excluding steroid dienone is 1. The van der Waals surface area contributed by atoms with Crippen LogP contribution in [0.5, 0.6) is 0 Å². The van der Waals surface area contributed by atoms with Crippen LogP contribution in [0.3, 0.4) is 0 Å². The normalized spacial score (nSPS) is 12.3. The number of aromatic carboxylic acids is 1. The summed E-state index contributed by atoms with van der Waals surface area (Å²) in [6.45, 7) is 0. The first-order valence-corrected chi connectivity index (χ1v) is 7.55. The molecule has 23 heavy (non-hydrogen) atoms. The highest BCUT2D eigenvalue weighted by atomic mass is 16.4. The lowest BCUT2D eigenvalue weighted by Crippen LogP contribution is -2.01. The highest BCUT2D eigenvalue weighted by Gasteiger charge is 2.29. The van der Waals surface area contributed by atoms with Gasteiger partial charge in [0.15, 0.2) is 0 Å². The van der Waals surface area contributed by atoms with Gasteiger partial charge >= 0.3 is 5.97 Å². The van der Waals surface area contributed by atoms with E-state index in [1.54, 1.807) is 0 Å². The van der Waals surface area contributed by atoms with Crippen LogP contribution in [0.1, 0.15) is 16.1 Å². The summed E-state index contributed by atoms with van der Waals surface area (Å²) >= 11 is 0. The van der Waals surface area contributed by atoms with Gasteiger partial charge in [-0.25, -0.2) is 4.79 Å². The van der Waals surface area contributed by atoms with Crippen molar-refractivity contribution >= 4 is 12.2 Å². The molecule has 0 unspecified atom stereocenters. The van der Waals surface area contributed by atoms with Crippen molar-refractivity contribution in [3.8, 4) is 22.4 Å². The number of benzene rings is 2. The Morgan fingerprint density at radius 3 is 2.13 bits per heavy atom. The summed E-state index contributed by atoms with van der Waals surface area (Å²) in [7, 11) is 0. The summed E-state index contributed by atoms with van der Waals surface area (Å²) in [6, 6.07) is 19.5. The lowest BCUT2D eigenvalue weighted by atomic mass is 9.97. The maximum Gasteiger partial charge on any atom is 0.338 e. The van der Waals surface area contributed by atoms with E-state index in [1.165, 1.54) is 0 Å². The Morgan fingerprint density at radius 1 is 0.913 bits per heavy atom. The van der Waals surface area contributed by atoms with Crippen LogP contribution in [0.4, 0.5) is 0 Å². The van der Waals surface area contributed by atoms with Gasteiger partial charge < -0.3 is 9.67 Å². The maximum atomic E-state index is 12.1. The molecular weight excluding hydrogens is 286 g/mol. The van der Waals surface area contributed by atoms with Crippen LogP contribution in [-0.2, 0) is 6.42 Å². The lowest BCUT2D eigenvalue weighted by Gasteiger charge is -2.06. The van der Waals surface area contributed by atoms with Crippen LogP contribution in [0.2, 0.25) is 0 Å². The quantitative estimate of drug-likeness (QED) is 0.771. The van der Waals surface area contributed by atoms with Gasteiger partial charge in [-0.3, -0.25) is 0 Å². The zero-order chi connectivity index (χ0) is 15.8. The average Bonchev–Trinajstić information content (AvgIpc) is 3.16. The second-order valence-electron chi connectivity index (χ2n) is 5.54. The first kappa shape index (κ1) is 13.6. The van der Waals surface area contributed by atoms with Crippen molar-refractivity contribution in [3.05, 3.63) is 78.0 Å². The summed E-state index contributed by atoms with van der Waals surface area (Å²) in [5, 5.41) is 9.89. The number of carboxylic acid groups (broad SMARTS) is 1. The molecule has 0 radical (unpaired) electrons. The van der Waals surface area contributed by atoms with Crippen molar-refractivity contribution in [2.24, 2.45) is 0 Å². The molecule has 0 bridgehead atoms. The zero-order valence-corrected chi connectivity index (χ0v) is 12.4. The standard InChI is InChI=1S/C20H15NO2/c22-20(23)18-17(14-8-3-1-4-9-14)16-12-7-13-21(16)19(18)15-10-5-2-6-11-15/h1-11,13H,12H2,(H,22,23). The van der Waals surface area contributed by atoms with Gasteiger partial charge in [0.1, 0.15) is 0 Å². The van der Waals surface area contributed by atoms with E-state index in [-0.39, 0.29) is 0 Å². The van der Waals surface area contributed by atoms with Gasteiger partial charge in [-0.2, -0.15) is 0 Å². The Bertz CT molecular complexity index is 906. The van der Waals surface area contributed by atoms with Gasteiger partial charge in [-0.15, -0.1) is 0 Å². The molecule has 0 atom stereocenters. The van der Waals surface area contributed by atoms with Crippen molar-refractivity contribution in [2.45, 2.75) is 6.42 Å². The molecule has 3 nitrogen and oxygen atoms in total. The smallest absolute Gasteiger partial charge is 0.338 e. The number of aromatic nitrogens is 1. The van der Waals surface area contributed by atoms with Crippen molar-refractivity contribution in [1.29, 1.82) is 0 Å². The van der Waals surface area contributed by atoms with Crippen LogP contribution in [0, 0.1) is 0 Å². The molecule has 0 aliphatic carbocycles. The van der Waals surface area contributed by atoms with Crippen molar-refractivity contribution in [2.75, 3.05) is 0 Å². The van der Waals surface area contributed by atoms with Gasteiger partial charge in [-0.05, 0) is 11.1 Å². The predicted octanol–water partition coefficient (Wildman–Crippen LogP) is 4.55. The van der Waals surface area contributed by atoms with Crippen LogP contribution >= 0.6 is 0 Å². The topological polar surface area (TPSA) is 42.2 Å². The number of carboxylic acids is 1. The first-order chi connectivity index (χ1) is 11.3. The monoisotopic (exact) mass is 301 g/mol. The third-order valence-corrected chi connectivity index (χ3v) is 4.20. The Balaban J connectivity index is 2.08. The number of fused-ring (bicyclic) bond motifs is 1. The highest BCUT2D eigenvalue weighted by molar-refractivity contribution is 6.04. The Kier molecular flexibility index (Phi) is 3.12. The molecule has 4 rings (SSSR count). The van der Waals surface area contributed by atoms with E-state index in [0.29, 0.717) is 5.56 Å². The summed E-state index contributed by atoms with van der Waals surface area (Å²) in [5.41, 5.74) is 4.84. The van der Waals surface area contributed by atoms with Crippen molar-refractivity contribution < 1.29 is 9.90 Å². The Morgan fingerprint density at radius 2 is 1.52 bits per heavy atom. The SMILES string of the molecule is O=C(O)c1c(-c2ccccc2)c2n(c1-c1ccccc1)C=CC2. The molecule has 1 aliphatic rings. The van der Waals surface area contributed by atoms with E-state index < -0.39 is 5.97 Å². The number of hydrogen-bond donors (Lipinski definition) is 1. The molecule has 3 aromatic rings. The maximum absolute atomic E-state index is 12.1. The fourth-order valence-electron chi connectivity index (χ4n) is 3.28. The van der Waals surface area contributed by atoms with Crippen molar-refractivity contribution in [3.63, 3.8) is 0 Å². The largest absolute Gasteiger partial charge is 0.478 e. The molecule has 1 N–H and O–H groups in total. The van der Waals surface area contributed by atoms with Crippen LogP contribution < -0.4 is 0 Å².